The molecule has 0 spiro atoms. The number of urea groups is 1. The van der Waals surface area contributed by atoms with E-state index in [4.69, 9.17) is 5.73 Å². The van der Waals surface area contributed by atoms with E-state index in [9.17, 15) is 4.79 Å². The van der Waals surface area contributed by atoms with Gasteiger partial charge in [-0.2, -0.15) is 0 Å². The smallest absolute Gasteiger partial charge is 0.334 e. The molecule has 0 aliphatic carbocycles. The quantitative estimate of drug-likeness (QED) is 0.506. The Hall–Kier alpha value is -0.840. The van der Waals surface area contributed by atoms with Crippen LogP contribution in [0.5, 0.6) is 0 Å². The Morgan fingerprint density at radius 2 is 2.67 bits per heavy atom. The number of nitrogens with zero attached hydrogens (tertiary/aromatic N) is 1. The first-order valence-electron chi connectivity index (χ1n) is 2.40. The molecule has 0 atom stereocenters. The Kier molecular flexibility index (Phi) is 1.84. The van der Waals surface area contributed by atoms with E-state index in [1.807, 2.05) is 5.41 Å². The maximum atomic E-state index is 10.4. The highest BCUT2D eigenvalue weighted by Gasteiger charge is 2.07. The van der Waals surface area contributed by atoms with Gasteiger partial charge in [-0.1, -0.05) is 0 Å². The van der Waals surface area contributed by atoms with Crippen LogP contribution < -0.4 is 11.2 Å². The van der Waals surface area contributed by atoms with Gasteiger partial charge in [0.25, 0.3) is 0 Å². The van der Waals surface area contributed by atoms with Crippen LogP contribution >= 0.6 is 11.8 Å². The Morgan fingerprint density at radius 3 is 3.00 bits per heavy atom. The van der Waals surface area contributed by atoms with Crippen LogP contribution in [0.1, 0.15) is 0 Å². The number of amides is 2. The van der Waals surface area contributed by atoms with Gasteiger partial charge >= 0.3 is 6.03 Å². The molecule has 1 heterocycles. The maximum absolute atomic E-state index is 10.4. The molecule has 0 saturated heterocycles. The first kappa shape index (κ1) is 6.28. The van der Waals surface area contributed by atoms with Crippen molar-refractivity contribution in [3.63, 3.8) is 0 Å². The molecular formula is C4H7N3OS. The van der Waals surface area contributed by atoms with Gasteiger partial charge in [0.1, 0.15) is 0 Å². The van der Waals surface area contributed by atoms with Crippen molar-refractivity contribution in [3.8, 4) is 0 Å². The molecule has 0 aromatic carbocycles. The zero-order chi connectivity index (χ0) is 6.69. The average molecular weight is 145 g/mol. The SMILES string of the molecule is NC(=O)N1CSC=CN1. The summed E-state index contributed by atoms with van der Waals surface area (Å²) in [5, 5.41) is 3.18. The predicted octanol–water partition coefficient (Wildman–Crippen LogP) is 0.0472. The summed E-state index contributed by atoms with van der Waals surface area (Å²) in [5.41, 5.74) is 7.62. The summed E-state index contributed by atoms with van der Waals surface area (Å²) in [4.78, 5) is 10.4. The van der Waals surface area contributed by atoms with Gasteiger partial charge in [0.05, 0.1) is 5.88 Å². The topological polar surface area (TPSA) is 58.4 Å². The number of nitrogens with two attached hydrogens (primary N) is 1. The highest BCUT2D eigenvalue weighted by molar-refractivity contribution is 8.02. The fraction of sp³-hybridized carbons (Fsp3) is 0.250. The lowest BCUT2D eigenvalue weighted by Gasteiger charge is -2.21. The van der Waals surface area contributed by atoms with Gasteiger partial charge in [0, 0.05) is 6.20 Å². The molecule has 0 radical (unpaired) electrons. The van der Waals surface area contributed by atoms with Crippen molar-refractivity contribution in [3.05, 3.63) is 11.6 Å². The second-order valence-electron chi connectivity index (χ2n) is 1.49. The van der Waals surface area contributed by atoms with Gasteiger partial charge in [-0.05, 0) is 5.41 Å². The molecule has 9 heavy (non-hydrogen) atoms. The Morgan fingerprint density at radius 1 is 1.89 bits per heavy atom. The molecular weight excluding hydrogens is 138 g/mol. The molecule has 0 aromatic heterocycles. The monoisotopic (exact) mass is 145 g/mol. The largest absolute Gasteiger partial charge is 0.350 e. The Labute approximate surface area is 57.0 Å². The van der Waals surface area contributed by atoms with Crippen molar-refractivity contribution in [1.29, 1.82) is 0 Å². The zero-order valence-electron chi connectivity index (χ0n) is 4.70. The first-order chi connectivity index (χ1) is 4.30. The van der Waals surface area contributed by atoms with Gasteiger partial charge in [0.2, 0.25) is 0 Å². The number of carbonyl (C=O) groups is 1. The maximum Gasteiger partial charge on any atom is 0.334 e. The van der Waals surface area contributed by atoms with Crippen molar-refractivity contribution >= 4 is 17.8 Å². The fourth-order valence-corrected chi connectivity index (χ4v) is 1.04. The molecule has 50 valence electrons. The van der Waals surface area contributed by atoms with E-state index in [0.717, 1.165) is 0 Å². The number of hydrogen-bond acceptors (Lipinski definition) is 3. The van der Waals surface area contributed by atoms with Crippen LogP contribution in [-0.4, -0.2) is 16.9 Å². The Bertz CT molecular complexity index is 147. The van der Waals surface area contributed by atoms with Crippen LogP contribution in [0, 0.1) is 0 Å². The number of primary amides is 1. The van der Waals surface area contributed by atoms with E-state index in [0.29, 0.717) is 5.88 Å². The minimum atomic E-state index is -0.452. The van der Waals surface area contributed by atoms with Crippen molar-refractivity contribution in [1.82, 2.24) is 10.4 Å². The molecule has 0 bridgehead atoms. The van der Waals surface area contributed by atoms with Crippen molar-refractivity contribution in [2.45, 2.75) is 0 Å². The molecule has 1 aliphatic rings. The van der Waals surface area contributed by atoms with Crippen LogP contribution in [-0.2, 0) is 0 Å². The third kappa shape index (κ3) is 1.53. The van der Waals surface area contributed by atoms with Gasteiger partial charge in [0.15, 0.2) is 0 Å². The fourth-order valence-electron chi connectivity index (χ4n) is 0.451. The van der Waals surface area contributed by atoms with Crippen LogP contribution in [0.3, 0.4) is 0 Å². The lowest BCUT2D eigenvalue weighted by molar-refractivity contribution is 0.203. The molecule has 0 unspecified atom stereocenters. The lowest BCUT2D eigenvalue weighted by Crippen LogP contribution is -2.44. The average Bonchev–Trinajstić information content (AvgIpc) is 1.90. The molecule has 0 fully saturated rings. The van der Waals surface area contributed by atoms with Gasteiger partial charge < -0.3 is 11.2 Å². The Balaban J connectivity index is 2.44. The van der Waals surface area contributed by atoms with E-state index in [-0.39, 0.29) is 0 Å². The number of thioether (sulfide) groups is 1. The minimum Gasteiger partial charge on any atom is -0.350 e. The van der Waals surface area contributed by atoms with Crippen molar-refractivity contribution in [2.24, 2.45) is 5.73 Å². The molecule has 3 N–H and O–H groups in total. The van der Waals surface area contributed by atoms with Crippen molar-refractivity contribution < 1.29 is 4.79 Å². The van der Waals surface area contributed by atoms with Crippen LogP contribution in [0.15, 0.2) is 11.6 Å². The first-order valence-corrected chi connectivity index (χ1v) is 3.45. The van der Waals surface area contributed by atoms with Gasteiger partial charge in [-0.15, -0.1) is 11.8 Å². The highest BCUT2D eigenvalue weighted by atomic mass is 32.2. The van der Waals surface area contributed by atoms with Crippen LogP contribution in [0.4, 0.5) is 4.79 Å². The number of nitrogens with one attached hydrogen (secondary N) is 1. The molecule has 1 aliphatic heterocycles. The number of hydrogen-bond donors (Lipinski definition) is 2. The summed E-state index contributed by atoms with van der Waals surface area (Å²) in [7, 11) is 0. The van der Waals surface area contributed by atoms with Crippen molar-refractivity contribution in [2.75, 3.05) is 5.88 Å². The molecule has 0 aromatic rings. The highest BCUT2D eigenvalue weighted by Crippen LogP contribution is 2.06. The summed E-state index contributed by atoms with van der Waals surface area (Å²) in [5.74, 6) is 0.575. The summed E-state index contributed by atoms with van der Waals surface area (Å²) < 4.78 is 0. The molecule has 4 nitrogen and oxygen atoms in total. The van der Waals surface area contributed by atoms with Crippen LogP contribution in [0.2, 0.25) is 0 Å². The number of rotatable bonds is 0. The van der Waals surface area contributed by atoms with E-state index < -0.39 is 6.03 Å². The normalized spacial score (nSPS) is 17.1. The van der Waals surface area contributed by atoms with E-state index in [1.54, 1.807) is 6.20 Å². The minimum absolute atomic E-state index is 0.452. The summed E-state index contributed by atoms with van der Waals surface area (Å²) in [6.45, 7) is 0. The lowest BCUT2D eigenvalue weighted by atomic mass is 10.9. The summed E-state index contributed by atoms with van der Waals surface area (Å²) in [6, 6.07) is -0.452. The predicted molar refractivity (Wildman–Crippen MR) is 36.2 cm³/mol. The molecule has 2 amide bonds. The zero-order valence-corrected chi connectivity index (χ0v) is 5.52. The standard InChI is InChI=1S/C4H7N3OS/c5-4(8)7-3-9-2-1-6-7/h1-2,6H,3H2,(H2,5,8). The third-order valence-corrected chi connectivity index (χ3v) is 1.60. The summed E-state index contributed by atoms with van der Waals surface area (Å²) >= 11 is 1.51. The second kappa shape index (κ2) is 2.63. The van der Waals surface area contributed by atoms with Crippen LogP contribution in [0.25, 0.3) is 0 Å². The van der Waals surface area contributed by atoms with E-state index >= 15 is 0 Å². The van der Waals surface area contributed by atoms with Gasteiger partial charge in [-0.3, -0.25) is 0 Å². The van der Waals surface area contributed by atoms with E-state index in [1.165, 1.54) is 16.8 Å². The molecule has 5 heteroatoms. The molecule has 0 saturated carbocycles. The number of hydrazine groups is 1. The second-order valence-corrected chi connectivity index (χ2v) is 2.36. The number of carbonyl (C=O) groups excluding carboxylic acids is 1. The molecule has 1 rings (SSSR count). The van der Waals surface area contributed by atoms with E-state index in [2.05, 4.69) is 5.43 Å². The van der Waals surface area contributed by atoms with Gasteiger partial charge in [-0.25, -0.2) is 9.80 Å². The third-order valence-electron chi connectivity index (χ3n) is 0.864. The summed E-state index contributed by atoms with van der Waals surface area (Å²) in [6.07, 6.45) is 1.67.